The van der Waals surface area contributed by atoms with Gasteiger partial charge in [-0.2, -0.15) is 0 Å². The molecule has 0 aliphatic heterocycles. The molecule has 0 radical (unpaired) electrons. The molecule has 0 bridgehead atoms. The van der Waals surface area contributed by atoms with Gasteiger partial charge in [-0.05, 0) is 32.9 Å². The number of aryl methyl sites for hydroxylation is 3. The molecule has 2 rings (SSSR count). The first-order valence-electron chi connectivity index (χ1n) is 5.25. The second-order valence-corrected chi connectivity index (χ2v) is 5.16. The standard InChI is InChI=1S/C12H15N3S/c1-8-5-4-6-12(14-8)13-7-11-9(2)16-10(3)15-11/h4-6H,7H2,1-3H3,(H,13,14). The van der Waals surface area contributed by atoms with E-state index in [0.29, 0.717) is 0 Å². The summed E-state index contributed by atoms with van der Waals surface area (Å²) in [5, 5.41) is 4.41. The van der Waals surface area contributed by atoms with E-state index in [4.69, 9.17) is 0 Å². The number of hydrogen-bond donors (Lipinski definition) is 1. The number of pyridine rings is 1. The highest BCUT2D eigenvalue weighted by Crippen LogP contribution is 2.17. The molecule has 0 saturated carbocycles. The predicted molar refractivity (Wildman–Crippen MR) is 67.9 cm³/mol. The molecule has 0 aromatic carbocycles. The van der Waals surface area contributed by atoms with E-state index < -0.39 is 0 Å². The lowest BCUT2D eigenvalue weighted by Gasteiger charge is -2.04. The maximum absolute atomic E-state index is 4.48. The van der Waals surface area contributed by atoms with E-state index in [1.165, 1.54) is 4.88 Å². The summed E-state index contributed by atoms with van der Waals surface area (Å²) >= 11 is 1.74. The fraction of sp³-hybridized carbons (Fsp3) is 0.333. The van der Waals surface area contributed by atoms with E-state index in [1.54, 1.807) is 11.3 Å². The van der Waals surface area contributed by atoms with Crippen LogP contribution in [0.5, 0.6) is 0 Å². The smallest absolute Gasteiger partial charge is 0.126 e. The number of thiazole rings is 1. The van der Waals surface area contributed by atoms with Gasteiger partial charge in [0.15, 0.2) is 0 Å². The Hall–Kier alpha value is -1.42. The number of hydrogen-bond acceptors (Lipinski definition) is 4. The molecule has 0 aliphatic carbocycles. The first kappa shape index (κ1) is 11.1. The summed E-state index contributed by atoms with van der Waals surface area (Å²) in [6.07, 6.45) is 0. The van der Waals surface area contributed by atoms with E-state index in [9.17, 15) is 0 Å². The summed E-state index contributed by atoms with van der Waals surface area (Å²) in [6, 6.07) is 5.97. The van der Waals surface area contributed by atoms with Crippen molar-refractivity contribution in [3.8, 4) is 0 Å². The van der Waals surface area contributed by atoms with Crippen LogP contribution in [0.25, 0.3) is 0 Å². The fourth-order valence-electron chi connectivity index (χ4n) is 1.55. The van der Waals surface area contributed by atoms with Crippen molar-refractivity contribution in [2.75, 3.05) is 5.32 Å². The van der Waals surface area contributed by atoms with Gasteiger partial charge in [-0.25, -0.2) is 9.97 Å². The minimum atomic E-state index is 0.743. The molecule has 0 aliphatic rings. The third-order valence-corrected chi connectivity index (χ3v) is 3.25. The number of aromatic nitrogens is 2. The van der Waals surface area contributed by atoms with Gasteiger partial charge in [0.25, 0.3) is 0 Å². The van der Waals surface area contributed by atoms with Crippen LogP contribution in [0.1, 0.15) is 21.3 Å². The Balaban J connectivity index is 2.05. The van der Waals surface area contributed by atoms with Gasteiger partial charge >= 0.3 is 0 Å². The van der Waals surface area contributed by atoms with Gasteiger partial charge in [-0.1, -0.05) is 6.07 Å². The maximum atomic E-state index is 4.48. The van der Waals surface area contributed by atoms with E-state index in [0.717, 1.165) is 28.8 Å². The molecule has 4 heteroatoms. The lowest BCUT2D eigenvalue weighted by molar-refractivity contribution is 1.02. The van der Waals surface area contributed by atoms with Gasteiger partial charge in [0.2, 0.25) is 0 Å². The van der Waals surface area contributed by atoms with Crippen LogP contribution in [0.2, 0.25) is 0 Å². The molecule has 84 valence electrons. The Morgan fingerprint density at radius 1 is 1.19 bits per heavy atom. The lowest BCUT2D eigenvalue weighted by atomic mass is 10.3. The van der Waals surface area contributed by atoms with Gasteiger partial charge < -0.3 is 5.32 Å². The normalized spacial score (nSPS) is 10.4. The Bertz CT molecular complexity index is 491. The molecule has 2 heterocycles. The monoisotopic (exact) mass is 233 g/mol. The van der Waals surface area contributed by atoms with Crippen molar-refractivity contribution in [1.29, 1.82) is 0 Å². The number of nitrogens with zero attached hydrogens (tertiary/aromatic N) is 2. The predicted octanol–water partition coefficient (Wildman–Crippen LogP) is 3.08. The Kier molecular flexibility index (Phi) is 3.19. The van der Waals surface area contributed by atoms with Crippen LogP contribution >= 0.6 is 11.3 Å². The zero-order valence-corrected chi connectivity index (χ0v) is 10.6. The van der Waals surface area contributed by atoms with Crippen molar-refractivity contribution < 1.29 is 0 Å². The van der Waals surface area contributed by atoms with Gasteiger partial charge in [-0.15, -0.1) is 11.3 Å². The molecule has 16 heavy (non-hydrogen) atoms. The molecule has 0 saturated heterocycles. The summed E-state index contributed by atoms with van der Waals surface area (Å²) in [6.45, 7) is 6.87. The number of nitrogens with one attached hydrogen (secondary N) is 1. The van der Waals surface area contributed by atoms with Gasteiger partial charge in [0, 0.05) is 10.6 Å². The van der Waals surface area contributed by atoms with Crippen molar-refractivity contribution in [2.24, 2.45) is 0 Å². The van der Waals surface area contributed by atoms with Crippen molar-refractivity contribution in [2.45, 2.75) is 27.3 Å². The first-order valence-corrected chi connectivity index (χ1v) is 6.07. The van der Waals surface area contributed by atoms with Crippen molar-refractivity contribution in [3.05, 3.63) is 39.5 Å². The van der Waals surface area contributed by atoms with E-state index >= 15 is 0 Å². The molecule has 2 aromatic heterocycles. The molecule has 2 aromatic rings. The highest BCUT2D eigenvalue weighted by atomic mass is 32.1. The second-order valence-electron chi connectivity index (χ2n) is 3.75. The minimum Gasteiger partial charge on any atom is -0.364 e. The van der Waals surface area contributed by atoms with Gasteiger partial charge in [0.05, 0.1) is 17.2 Å². The van der Waals surface area contributed by atoms with E-state index in [-0.39, 0.29) is 0 Å². The zero-order chi connectivity index (χ0) is 11.5. The lowest BCUT2D eigenvalue weighted by Crippen LogP contribution is -2.03. The third-order valence-electron chi connectivity index (χ3n) is 2.32. The quantitative estimate of drug-likeness (QED) is 0.885. The summed E-state index contributed by atoms with van der Waals surface area (Å²) in [5.74, 6) is 0.907. The van der Waals surface area contributed by atoms with E-state index in [2.05, 4.69) is 22.2 Å². The Morgan fingerprint density at radius 3 is 2.62 bits per heavy atom. The molecule has 0 fully saturated rings. The summed E-state index contributed by atoms with van der Waals surface area (Å²) in [5.41, 5.74) is 2.14. The number of rotatable bonds is 3. The van der Waals surface area contributed by atoms with Crippen LogP contribution in [0.3, 0.4) is 0 Å². The fourth-order valence-corrected chi connectivity index (χ4v) is 2.39. The minimum absolute atomic E-state index is 0.743. The van der Waals surface area contributed by atoms with Crippen LogP contribution in [0, 0.1) is 20.8 Å². The number of anilines is 1. The highest BCUT2D eigenvalue weighted by molar-refractivity contribution is 7.11. The molecular formula is C12H15N3S. The van der Waals surface area contributed by atoms with Crippen LogP contribution in [-0.2, 0) is 6.54 Å². The largest absolute Gasteiger partial charge is 0.364 e. The first-order chi connectivity index (χ1) is 7.65. The molecular weight excluding hydrogens is 218 g/mol. The van der Waals surface area contributed by atoms with Crippen LogP contribution in [0.4, 0.5) is 5.82 Å². The van der Waals surface area contributed by atoms with E-state index in [1.807, 2.05) is 32.0 Å². The van der Waals surface area contributed by atoms with Gasteiger partial charge in [0.1, 0.15) is 5.82 Å². The third kappa shape index (κ3) is 2.58. The molecule has 3 nitrogen and oxygen atoms in total. The molecule has 0 unspecified atom stereocenters. The van der Waals surface area contributed by atoms with Crippen LogP contribution in [-0.4, -0.2) is 9.97 Å². The average molecular weight is 233 g/mol. The molecule has 0 atom stereocenters. The van der Waals surface area contributed by atoms with Crippen molar-refractivity contribution >= 4 is 17.2 Å². The second kappa shape index (κ2) is 4.61. The summed E-state index contributed by atoms with van der Waals surface area (Å²) in [7, 11) is 0. The SMILES string of the molecule is Cc1cccc(NCc2nc(C)sc2C)n1. The molecule has 1 N–H and O–H groups in total. The maximum Gasteiger partial charge on any atom is 0.126 e. The average Bonchev–Trinajstić information content (AvgIpc) is 2.54. The van der Waals surface area contributed by atoms with Crippen molar-refractivity contribution in [1.82, 2.24) is 9.97 Å². The topological polar surface area (TPSA) is 37.8 Å². The van der Waals surface area contributed by atoms with Crippen molar-refractivity contribution in [3.63, 3.8) is 0 Å². The van der Waals surface area contributed by atoms with Crippen LogP contribution < -0.4 is 5.32 Å². The highest BCUT2D eigenvalue weighted by Gasteiger charge is 2.04. The molecule has 0 spiro atoms. The summed E-state index contributed by atoms with van der Waals surface area (Å²) in [4.78, 5) is 10.1. The Morgan fingerprint density at radius 2 is 2.00 bits per heavy atom. The molecule has 0 amide bonds. The van der Waals surface area contributed by atoms with Crippen LogP contribution in [0.15, 0.2) is 18.2 Å². The summed E-state index contributed by atoms with van der Waals surface area (Å²) < 4.78 is 0. The van der Waals surface area contributed by atoms with Gasteiger partial charge in [-0.3, -0.25) is 0 Å². The Labute approximate surface area is 99.6 Å². The zero-order valence-electron chi connectivity index (χ0n) is 9.74.